The second-order valence-corrected chi connectivity index (χ2v) is 8.55. The number of morpholine rings is 1. The molecule has 0 saturated carbocycles. The number of thiophene rings is 1. The summed E-state index contributed by atoms with van der Waals surface area (Å²) in [5, 5.41) is 2.02. The standard InChI is InChI=1S/C22H24N2O4S/c1-15-4-11-29-20(15)12-19-21(25)16-2-3-18-17(22(16)28-19)13-24(14-27-18)6-5-23-7-9-26-10-8-23/h2-4,11-12H,5-10,13-14H2,1H3/b19-12-. The molecule has 0 N–H and O–H groups in total. The van der Waals surface area contributed by atoms with Crippen molar-refractivity contribution in [3.63, 3.8) is 0 Å². The van der Waals surface area contributed by atoms with Gasteiger partial charge in [0.1, 0.15) is 18.2 Å². The van der Waals surface area contributed by atoms with Gasteiger partial charge < -0.3 is 14.2 Å². The summed E-state index contributed by atoms with van der Waals surface area (Å²) in [6.45, 7) is 8.79. The summed E-state index contributed by atoms with van der Waals surface area (Å²) in [6, 6.07) is 5.77. The fourth-order valence-electron chi connectivity index (χ4n) is 3.91. The highest BCUT2D eigenvalue weighted by Crippen LogP contribution is 2.42. The second-order valence-electron chi connectivity index (χ2n) is 7.61. The highest BCUT2D eigenvalue weighted by Gasteiger charge is 2.33. The van der Waals surface area contributed by atoms with Crippen LogP contribution in [0.4, 0.5) is 0 Å². The first-order chi connectivity index (χ1) is 14.2. The number of allylic oxidation sites excluding steroid dienone is 1. The SMILES string of the molecule is Cc1ccsc1/C=C1\Oc2c(ccc3c2CN(CCN2CCOCC2)CO3)C1=O. The van der Waals surface area contributed by atoms with E-state index in [0.29, 0.717) is 23.8 Å². The molecular weight excluding hydrogens is 388 g/mol. The predicted octanol–water partition coefficient (Wildman–Crippen LogP) is 3.16. The zero-order valence-corrected chi connectivity index (χ0v) is 17.3. The molecular formula is C22H24N2O4S. The van der Waals surface area contributed by atoms with Gasteiger partial charge in [-0.2, -0.15) is 0 Å². The van der Waals surface area contributed by atoms with Gasteiger partial charge in [-0.1, -0.05) is 0 Å². The van der Waals surface area contributed by atoms with Crippen LogP contribution >= 0.6 is 11.3 Å². The maximum Gasteiger partial charge on any atom is 0.232 e. The Kier molecular flexibility index (Phi) is 5.13. The summed E-state index contributed by atoms with van der Waals surface area (Å²) >= 11 is 1.61. The van der Waals surface area contributed by atoms with Gasteiger partial charge in [-0.3, -0.25) is 14.6 Å². The van der Waals surface area contributed by atoms with E-state index in [9.17, 15) is 4.79 Å². The summed E-state index contributed by atoms with van der Waals surface area (Å²) in [4.78, 5) is 18.6. The first kappa shape index (κ1) is 18.8. The van der Waals surface area contributed by atoms with Crippen LogP contribution in [0.2, 0.25) is 0 Å². The van der Waals surface area contributed by atoms with Crippen LogP contribution in [0, 0.1) is 6.92 Å². The third-order valence-corrected chi connectivity index (χ3v) is 6.65. The molecule has 0 spiro atoms. The van der Waals surface area contributed by atoms with Gasteiger partial charge in [-0.15, -0.1) is 11.3 Å². The van der Waals surface area contributed by atoms with Gasteiger partial charge in [0.05, 0.1) is 24.3 Å². The average molecular weight is 413 g/mol. The summed E-state index contributed by atoms with van der Waals surface area (Å²) < 4.78 is 17.5. The lowest BCUT2D eigenvalue weighted by Gasteiger charge is -2.33. The van der Waals surface area contributed by atoms with Gasteiger partial charge in [0.25, 0.3) is 0 Å². The molecule has 0 aliphatic carbocycles. The Bertz CT molecular complexity index is 962. The molecule has 2 aromatic rings. The number of hydrogen-bond donors (Lipinski definition) is 0. The molecule has 3 aliphatic rings. The molecule has 152 valence electrons. The Labute approximate surface area is 174 Å². The van der Waals surface area contributed by atoms with Crippen molar-refractivity contribution in [2.75, 3.05) is 46.1 Å². The first-order valence-electron chi connectivity index (χ1n) is 9.98. The number of benzene rings is 1. The number of hydrogen-bond acceptors (Lipinski definition) is 7. The number of aryl methyl sites for hydroxylation is 1. The van der Waals surface area contributed by atoms with Crippen molar-refractivity contribution in [1.29, 1.82) is 0 Å². The lowest BCUT2D eigenvalue weighted by molar-refractivity contribution is 0.0239. The number of ketones is 1. The van der Waals surface area contributed by atoms with E-state index in [2.05, 4.69) is 9.80 Å². The highest BCUT2D eigenvalue weighted by molar-refractivity contribution is 7.11. The summed E-state index contributed by atoms with van der Waals surface area (Å²) in [7, 11) is 0. The molecule has 0 bridgehead atoms. The fraction of sp³-hybridized carbons (Fsp3) is 0.409. The van der Waals surface area contributed by atoms with Crippen molar-refractivity contribution < 1.29 is 19.0 Å². The first-order valence-corrected chi connectivity index (χ1v) is 10.9. The van der Waals surface area contributed by atoms with Gasteiger partial charge in [-0.25, -0.2) is 0 Å². The van der Waals surface area contributed by atoms with Crippen LogP contribution in [0.5, 0.6) is 11.5 Å². The van der Waals surface area contributed by atoms with Gasteiger partial charge in [0.2, 0.25) is 5.78 Å². The minimum Gasteiger partial charge on any atom is -0.478 e. The zero-order valence-electron chi connectivity index (χ0n) is 16.5. The number of nitrogens with zero attached hydrogens (tertiary/aromatic N) is 2. The van der Waals surface area contributed by atoms with Crippen molar-refractivity contribution in [3.05, 3.63) is 50.9 Å². The number of Topliss-reactive ketones (excluding diaryl/α,β-unsaturated/α-hetero) is 1. The predicted molar refractivity (Wildman–Crippen MR) is 112 cm³/mol. The molecule has 0 atom stereocenters. The van der Waals surface area contributed by atoms with Gasteiger partial charge >= 0.3 is 0 Å². The normalized spacial score (nSPS) is 21.0. The Morgan fingerprint density at radius 2 is 1.97 bits per heavy atom. The minimum absolute atomic E-state index is 0.0546. The average Bonchev–Trinajstić information content (AvgIpc) is 3.30. The molecule has 5 rings (SSSR count). The quantitative estimate of drug-likeness (QED) is 0.719. The number of carbonyl (C=O) groups excluding carboxylic acids is 1. The van der Waals surface area contributed by atoms with Crippen LogP contribution in [0.3, 0.4) is 0 Å². The van der Waals surface area contributed by atoms with Crippen LogP contribution in [0.25, 0.3) is 6.08 Å². The maximum absolute atomic E-state index is 12.9. The topological polar surface area (TPSA) is 51.2 Å². The molecule has 29 heavy (non-hydrogen) atoms. The van der Waals surface area contributed by atoms with Gasteiger partial charge in [0.15, 0.2) is 5.76 Å². The number of ether oxygens (including phenoxy) is 3. The smallest absolute Gasteiger partial charge is 0.232 e. The summed E-state index contributed by atoms with van der Waals surface area (Å²) in [6.07, 6.45) is 1.86. The molecule has 1 fully saturated rings. The molecule has 0 amide bonds. The third-order valence-electron chi connectivity index (χ3n) is 5.68. The zero-order chi connectivity index (χ0) is 19.8. The molecule has 6 nitrogen and oxygen atoms in total. The summed E-state index contributed by atoms with van der Waals surface area (Å²) in [5.74, 6) is 1.81. The fourth-order valence-corrected chi connectivity index (χ4v) is 4.75. The molecule has 1 aromatic heterocycles. The van der Waals surface area contributed by atoms with Crippen molar-refractivity contribution in [2.45, 2.75) is 13.5 Å². The number of carbonyl (C=O) groups is 1. The Hall–Kier alpha value is -2.19. The molecule has 1 aromatic carbocycles. The third kappa shape index (κ3) is 3.71. The number of fused-ring (bicyclic) bond motifs is 3. The minimum atomic E-state index is -0.0546. The largest absolute Gasteiger partial charge is 0.478 e. The van der Waals surface area contributed by atoms with Gasteiger partial charge in [-0.05, 0) is 36.1 Å². The second kappa shape index (κ2) is 7.91. The van der Waals surface area contributed by atoms with Crippen LogP contribution < -0.4 is 9.47 Å². The molecule has 0 unspecified atom stereocenters. The lowest BCUT2D eigenvalue weighted by atomic mass is 10.0. The van der Waals surface area contributed by atoms with Crippen LogP contribution in [-0.2, 0) is 11.3 Å². The Balaban J connectivity index is 1.34. The van der Waals surface area contributed by atoms with Crippen LogP contribution in [0.1, 0.15) is 26.4 Å². The molecule has 7 heteroatoms. The van der Waals surface area contributed by atoms with E-state index in [4.69, 9.17) is 14.2 Å². The van der Waals surface area contributed by atoms with Crippen molar-refractivity contribution >= 4 is 23.2 Å². The Morgan fingerprint density at radius 1 is 1.14 bits per heavy atom. The highest BCUT2D eigenvalue weighted by atomic mass is 32.1. The van der Waals surface area contributed by atoms with Gasteiger partial charge in [0, 0.05) is 43.7 Å². The van der Waals surface area contributed by atoms with E-state index >= 15 is 0 Å². The maximum atomic E-state index is 12.9. The lowest BCUT2D eigenvalue weighted by Crippen LogP contribution is -2.43. The van der Waals surface area contributed by atoms with E-state index in [1.165, 1.54) is 0 Å². The van der Waals surface area contributed by atoms with E-state index in [-0.39, 0.29) is 5.78 Å². The van der Waals surface area contributed by atoms with E-state index in [1.54, 1.807) is 11.3 Å². The molecule has 4 heterocycles. The van der Waals surface area contributed by atoms with Crippen molar-refractivity contribution in [3.8, 4) is 11.5 Å². The van der Waals surface area contributed by atoms with E-state index in [1.807, 2.05) is 36.6 Å². The monoisotopic (exact) mass is 412 g/mol. The van der Waals surface area contributed by atoms with Crippen molar-refractivity contribution in [2.24, 2.45) is 0 Å². The van der Waals surface area contributed by atoms with Crippen LogP contribution in [-0.4, -0.2) is 61.7 Å². The molecule has 3 aliphatic heterocycles. The summed E-state index contributed by atoms with van der Waals surface area (Å²) in [5.41, 5.74) is 2.74. The molecule has 0 radical (unpaired) electrons. The van der Waals surface area contributed by atoms with E-state index < -0.39 is 0 Å². The van der Waals surface area contributed by atoms with E-state index in [0.717, 1.165) is 67.7 Å². The molecule has 1 saturated heterocycles. The Morgan fingerprint density at radius 3 is 2.76 bits per heavy atom. The van der Waals surface area contributed by atoms with Crippen LogP contribution in [0.15, 0.2) is 29.3 Å². The van der Waals surface area contributed by atoms with Crippen molar-refractivity contribution in [1.82, 2.24) is 9.80 Å². The number of rotatable bonds is 4.